The third kappa shape index (κ3) is 4.52. The highest BCUT2D eigenvalue weighted by Gasteiger charge is 1.97. The smallest absolute Gasteiger partial charge is 0.244 e. The number of carbonyl (C=O) groups excluding carboxylic acids is 1. The summed E-state index contributed by atoms with van der Waals surface area (Å²) < 4.78 is 0. The normalized spacial score (nSPS) is 10.6. The van der Waals surface area contributed by atoms with Crippen molar-refractivity contribution in [2.24, 2.45) is 0 Å². The Balaban J connectivity index is 1.85. The monoisotopic (exact) mass is 283 g/mol. The quantitative estimate of drug-likeness (QED) is 0.634. The zero-order valence-electron chi connectivity index (χ0n) is 11.2. The standard InChI is InChI=1S/C17H17NOS/c1-2-4-14-6-8-15(9-7-14)10-11-17(19)18-13-16-5-3-12-20-16/h2-3,5-12H,1,4,13H2,(H,18,19). The first-order chi connectivity index (χ1) is 9.78. The molecular weight excluding hydrogens is 266 g/mol. The second kappa shape index (κ2) is 7.46. The molecule has 102 valence electrons. The summed E-state index contributed by atoms with van der Waals surface area (Å²) in [5, 5.41) is 4.86. The molecule has 0 saturated carbocycles. The number of rotatable bonds is 6. The van der Waals surface area contributed by atoms with Crippen molar-refractivity contribution in [1.29, 1.82) is 0 Å². The lowest BCUT2D eigenvalue weighted by molar-refractivity contribution is -0.116. The molecule has 2 rings (SSSR count). The van der Waals surface area contributed by atoms with Crippen LogP contribution in [0.1, 0.15) is 16.0 Å². The lowest BCUT2D eigenvalue weighted by atomic mass is 10.1. The Kier molecular flexibility index (Phi) is 5.33. The van der Waals surface area contributed by atoms with Gasteiger partial charge in [-0.15, -0.1) is 17.9 Å². The van der Waals surface area contributed by atoms with Crippen LogP contribution in [-0.2, 0) is 17.8 Å². The highest BCUT2D eigenvalue weighted by molar-refractivity contribution is 7.09. The van der Waals surface area contributed by atoms with E-state index in [1.54, 1.807) is 17.4 Å². The molecule has 0 saturated heterocycles. The van der Waals surface area contributed by atoms with E-state index in [1.165, 1.54) is 5.56 Å². The fraction of sp³-hybridized carbons (Fsp3) is 0.118. The third-order valence-electron chi connectivity index (χ3n) is 2.80. The van der Waals surface area contributed by atoms with Gasteiger partial charge in [-0.05, 0) is 35.1 Å². The molecule has 20 heavy (non-hydrogen) atoms. The van der Waals surface area contributed by atoms with Crippen molar-refractivity contribution in [1.82, 2.24) is 5.32 Å². The predicted octanol–water partition coefficient (Wildman–Crippen LogP) is 3.81. The topological polar surface area (TPSA) is 29.1 Å². The minimum absolute atomic E-state index is 0.0754. The van der Waals surface area contributed by atoms with Gasteiger partial charge in [0.2, 0.25) is 5.91 Å². The zero-order valence-corrected chi connectivity index (χ0v) is 12.0. The molecule has 1 aromatic heterocycles. The van der Waals surface area contributed by atoms with Gasteiger partial charge in [0.1, 0.15) is 0 Å². The van der Waals surface area contributed by atoms with Crippen LogP contribution in [0.15, 0.2) is 60.5 Å². The molecule has 0 aliphatic rings. The van der Waals surface area contributed by atoms with Gasteiger partial charge >= 0.3 is 0 Å². The molecule has 0 spiro atoms. The maximum Gasteiger partial charge on any atom is 0.244 e. The van der Waals surface area contributed by atoms with Crippen molar-refractivity contribution in [3.05, 3.63) is 76.5 Å². The van der Waals surface area contributed by atoms with Crippen molar-refractivity contribution >= 4 is 23.3 Å². The van der Waals surface area contributed by atoms with Gasteiger partial charge in [-0.1, -0.05) is 36.4 Å². The summed E-state index contributed by atoms with van der Waals surface area (Å²) >= 11 is 1.64. The molecule has 0 unspecified atom stereocenters. The van der Waals surface area contributed by atoms with Gasteiger partial charge in [0.05, 0.1) is 6.54 Å². The molecule has 2 aromatic rings. The van der Waals surface area contributed by atoms with Crippen LogP contribution < -0.4 is 5.32 Å². The molecule has 0 fully saturated rings. The summed E-state index contributed by atoms with van der Waals surface area (Å²) in [6.07, 6.45) is 6.13. The van der Waals surface area contributed by atoms with Crippen LogP contribution in [0.25, 0.3) is 6.08 Å². The highest BCUT2D eigenvalue weighted by atomic mass is 32.1. The molecule has 0 bridgehead atoms. The van der Waals surface area contributed by atoms with E-state index in [0.29, 0.717) is 6.54 Å². The minimum Gasteiger partial charge on any atom is -0.348 e. The molecule has 0 atom stereocenters. The van der Waals surface area contributed by atoms with E-state index in [4.69, 9.17) is 0 Å². The van der Waals surface area contributed by atoms with E-state index in [1.807, 2.05) is 53.9 Å². The number of nitrogens with one attached hydrogen (secondary N) is 1. The third-order valence-corrected chi connectivity index (χ3v) is 3.68. The van der Waals surface area contributed by atoms with Crippen LogP contribution in [-0.4, -0.2) is 5.91 Å². The van der Waals surface area contributed by atoms with E-state index in [-0.39, 0.29) is 5.91 Å². The predicted molar refractivity (Wildman–Crippen MR) is 85.5 cm³/mol. The molecular formula is C17H17NOS. The molecule has 0 radical (unpaired) electrons. The summed E-state index contributed by atoms with van der Waals surface area (Å²) in [7, 11) is 0. The Morgan fingerprint density at radius 2 is 2.05 bits per heavy atom. The Morgan fingerprint density at radius 1 is 1.25 bits per heavy atom. The van der Waals surface area contributed by atoms with Gasteiger partial charge in [-0.25, -0.2) is 0 Å². The lowest BCUT2D eigenvalue weighted by Gasteiger charge is -2.00. The number of allylic oxidation sites excluding steroid dienone is 1. The Hall–Kier alpha value is -2.13. The molecule has 0 aliphatic heterocycles. The maximum atomic E-state index is 11.7. The lowest BCUT2D eigenvalue weighted by Crippen LogP contribution is -2.19. The second-order valence-corrected chi connectivity index (χ2v) is 5.40. The van der Waals surface area contributed by atoms with Gasteiger partial charge < -0.3 is 5.32 Å². The van der Waals surface area contributed by atoms with Gasteiger partial charge in [-0.2, -0.15) is 0 Å². The van der Waals surface area contributed by atoms with Crippen molar-refractivity contribution in [3.63, 3.8) is 0 Å². The van der Waals surface area contributed by atoms with E-state index < -0.39 is 0 Å². The highest BCUT2D eigenvalue weighted by Crippen LogP contribution is 2.08. The Morgan fingerprint density at radius 3 is 2.70 bits per heavy atom. The number of hydrogen-bond donors (Lipinski definition) is 1. The van der Waals surface area contributed by atoms with E-state index >= 15 is 0 Å². The Bertz CT molecular complexity index is 582. The summed E-state index contributed by atoms with van der Waals surface area (Å²) in [4.78, 5) is 12.8. The van der Waals surface area contributed by atoms with Crippen molar-refractivity contribution in [2.75, 3.05) is 0 Å². The Labute approximate surface area is 123 Å². The van der Waals surface area contributed by atoms with E-state index in [9.17, 15) is 4.79 Å². The van der Waals surface area contributed by atoms with Gasteiger partial charge in [-0.3, -0.25) is 4.79 Å². The molecule has 1 heterocycles. The van der Waals surface area contributed by atoms with Crippen LogP contribution in [0, 0.1) is 0 Å². The largest absolute Gasteiger partial charge is 0.348 e. The number of benzene rings is 1. The molecule has 0 aliphatic carbocycles. The molecule has 1 amide bonds. The summed E-state index contributed by atoms with van der Waals surface area (Å²) in [6, 6.07) is 12.1. The first kappa shape index (κ1) is 14.3. The summed E-state index contributed by atoms with van der Waals surface area (Å²) in [6.45, 7) is 4.30. The average molecular weight is 283 g/mol. The molecule has 1 N–H and O–H groups in total. The van der Waals surface area contributed by atoms with Gasteiger partial charge in [0, 0.05) is 11.0 Å². The average Bonchev–Trinajstić information content (AvgIpc) is 2.98. The minimum atomic E-state index is -0.0754. The maximum absolute atomic E-state index is 11.7. The first-order valence-electron chi connectivity index (χ1n) is 6.46. The van der Waals surface area contributed by atoms with Crippen LogP contribution in [0.3, 0.4) is 0 Å². The van der Waals surface area contributed by atoms with Gasteiger partial charge in [0.15, 0.2) is 0 Å². The summed E-state index contributed by atoms with van der Waals surface area (Å²) in [5.74, 6) is -0.0754. The fourth-order valence-corrected chi connectivity index (χ4v) is 2.39. The van der Waals surface area contributed by atoms with E-state index in [0.717, 1.165) is 16.9 Å². The number of thiophene rings is 1. The van der Waals surface area contributed by atoms with Gasteiger partial charge in [0.25, 0.3) is 0 Å². The van der Waals surface area contributed by atoms with Crippen LogP contribution >= 0.6 is 11.3 Å². The van der Waals surface area contributed by atoms with E-state index in [2.05, 4.69) is 11.9 Å². The zero-order chi connectivity index (χ0) is 14.2. The van der Waals surface area contributed by atoms with Crippen molar-refractivity contribution in [3.8, 4) is 0 Å². The number of hydrogen-bond acceptors (Lipinski definition) is 2. The summed E-state index contributed by atoms with van der Waals surface area (Å²) in [5.41, 5.74) is 2.24. The van der Waals surface area contributed by atoms with Crippen molar-refractivity contribution < 1.29 is 4.79 Å². The molecule has 3 heteroatoms. The fourth-order valence-electron chi connectivity index (χ4n) is 1.75. The van der Waals surface area contributed by atoms with Crippen molar-refractivity contribution in [2.45, 2.75) is 13.0 Å². The second-order valence-electron chi connectivity index (χ2n) is 4.36. The van der Waals surface area contributed by atoms with Crippen LogP contribution in [0.4, 0.5) is 0 Å². The first-order valence-corrected chi connectivity index (χ1v) is 7.34. The molecule has 2 nitrogen and oxygen atoms in total. The number of carbonyl (C=O) groups is 1. The molecule has 1 aromatic carbocycles. The number of amides is 1. The van der Waals surface area contributed by atoms with Crippen LogP contribution in [0.2, 0.25) is 0 Å². The van der Waals surface area contributed by atoms with Crippen LogP contribution in [0.5, 0.6) is 0 Å². The SMILES string of the molecule is C=CCc1ccc(C=CC(=O)NCc2cccs2)cc1.